The van der Waals surface area contributed by atoms with Crippen LogP contribution in [0.1, 0.15) is 18.1 Å². The fourth-order valence-corrected chi connectivity index (χ4v) is 3.38. The van der Waals surface area contributed by atoms with E-state index in [0.29, 0.717) is 42.1 Å². The molecule has 0 saturated carbocycles. The van der Waals surface area contributed by atoms with Crippen molar-refractivity contribution in [3.05, 3.63) is 41.6 Å². The standard InChI is InChI=1S/C19H20F3N3O2S/c1-4-26-9-10-27-16-7-8-23-17(12(16)2)25-15-6-5-13(19(20,21)22)11-14(15)24-18(25)28-3/h5-8,11H,4,9-10H2,1-3H3. The summed E-state index contributed by atoms with van der Waals surface area (Å²) in [6.45, 7) is 5.25. The van der Waals surface area contributed by atoms with Gasteiger partial charge in [-0.05, 0) is 44.4 Å². The van der Waals surface area contributed by atoms with Crippen LogP contribution in [0.15, 0.2) is 35.6 Å². The summed E-state index contributed by atoms with van der Waals surface area (Å²) >= 11 is 1.34. The van der Waals surface area contributed by atoms with Crippen LogP contribution in [0.25, 0.3) is 16.9 Å². The lowest BCUT2D eigenvalue weighted by atomic mass is 10.2. The molecular weight excluding hydrogens is 391 g/mol. The summed E-state index contributed by atoms with van der Waals surface area (Å²) in [4.78, 5) is 8.80. The lowest BCUT2D eigenvalue weighted by Gasteiger charge is -2.14. The maximum atomic E-state index is 13.0. The predicted molar refractivity (Wildman–Crippen MR) is 102 cm³/mol. The van der Waals surface area contributed by atoms with Gasteiger partial charge in [-0.25, -0.2) is 9.97 Å². The maximum absolute atomic E-state index is 13.0. The van der Waals surface area contributed by atoms with Gasteiger partial charge in [0, 0.05) is 18.4 Å². The number of benzene rings is 1. The summed E-state index contributed by atoms with van der Waals surface area (Å²) in [5.74, 6) is 1.21. The van der Waals surface area contributed by atoms with Crippen LogP contribution in [0.5, 0.6) is 5.75 Å². The van der Waals surface area contributed by atoms with Gasteiger partial charge in [0.15, 0.2) is 5.16 Å². The Balaban J connectivity index is 2.05. The molecule has 28 heavy (non-hydrogen) atoms. The van der Waals surface area contributed by atoms with Crippen molar-refractivity contribution in [3.63, 3.8) is 0 Å². The van der Waals surface area contributed by atoms with Crippen LogP contribution in [-0.2, 0) is 10.9 Å². The van der Waals surface area contributed by atoms with Gasteiger partial charge in [-0.3, -0.25) is 4.57 Å². The van der Waals surface area contributed by atoms with E-state index in [0.717, 1.165) is 17.7 Å². The fourth-order valence-electron chi connectivity index (χ4n) is 2.82. The Morgan fingerprint density at radius 2 is 1.96 bits per heavy atom. The minimum absolute atomic E-state index is 0.267. The van der Waals surface area contributed by atoms with E-state index in [9.17, 15) is 13.2 Å². The Labute approximate surface area is 164 Å². The van der Waals surface area contributed by atoms with E-state index in [1.807, 2.05) is 20.1 Å². The average Bonchev–Trinajstić information content (AvgIpc) is 3.03. The van der Waals surface area contributed by atoms with Crippen molar-refractivity contribution < 1.29 is 22.6 Å². The molecule has 0 fully saturated rings. The number of fused-ring (bicyclic) bond motifs is 1. The van der Waals surface area contributed by atoms with Gasteiger partial charge in [0.2, 0.25) is 0 Å². The van der Waals surface area contributed by atoms with Gasteiger partial charge in [-0.15, -0.1) is 0 Å². The molecule has 1 aromatic carbocycles. The zero-order chi connectivity index (χ0) is 20.3. The second-order valence-corrected chi connectivity index (χ2v) is 6.71. The Kier molecular flexibility index (Phi) is 6.14. The van der Waals surface area contributed by atoms with Gasteiger partial charge in [0.05, 0.1) is 23.2 Å². The van der Waals surface area contributed by atoms with Gasteiger partial charge in [-0.1, -0.05) is 11.8 Å². The number of rotatable bonds is 7. The molecule has 0 aliphatic carbocycles. The Hall–Kier alpha value is -2.26. The summed E-state index contributed by atoms with van der Waals surface area (Å²) in [6, 6.07) is 5.30. The first-order valence-corrected chi connectivity index (χ1v) is 9.89. The van der Waals surface area contributed by atoms with E-state index in [4.69, 9.17) is 9.47 Å². The Morgan fingerprint density at radius 1 is 1.18 bits per heavy atom. The number of halogens is 3. The van der Waals surface area contributed by atoms with Crippen LogP contribution in [0.2, 0.25) is 0 Å². The van der Waals surface area contributed by atoms with Crippen molar-refractivity contribution in [3.8, 4) is 11.6 Å². The second kappa shape index (κ2) is 8.40. The van der Waals surface area contributed by atoms with Crippen LogP contribution in [0.4, 0.5) is 13.2 Å². The van der Waals surface area contributed by atoms with Crippen molar-refractivity contribution in [1.29, 1.82) is 0 Å². The molecule has 2 heterocycles. The number of thioether (sulfide) groups is 1. The van der Waals surface area contributed by atoms with Gasteiger partial charge < -0.3 is 9.47 Å². The van der Waals surface area contributed by atoms with Gasteiger partial charge in [0.25, 0.3) is 0 Å². The molecule has 2 aromatic heterocycles. The largest absolute Gasteiger partial charge is 0.491 e. The molecule has 0 atom stereocenters. The highest BCUT2D eigenvalue weighted by Gasteiger charge is 2.31. The first-order chi connectivity index (χ1) is 13.4. The lowest BCUT2D eigenvalue weighted by molar-refractivity contribution is -0.137. The molecule has 0 amide bonds. The highest BCUT2D eigenvalue weighted by molar-refractivity contribution is 7.98. The predicted octanol–water partition coefficient (Wildman–Crippen LogP) is 4.88. The molecule has 0 saturated heterocycles. The van der Waals surface area contributed by atoms with E-state index in [1.54, 1.807) is 16.8 Å². The lowest BCUT2D eigenvalue weighted by Crippen LogP contribution is -2.09. The molecule has 0 radical (unpaired) electrons. The molecule has 0 N–H and O–H groups in total. The second-order valence-electron chi connectivity index (χ2n) is 5.94. The number of alkyl halides is 3. The molecule has 0 aliphatic heterocycles. The minimum atomic E-state index is -4.42. The summed E-state index contributed by atoms with van der Waals surface area (Å²) in [5, 5.41) is 0.552. The van der Waals surface area contributed by atoms with Crippen molar-refractivity contribution in [2.24, 2.45) is 0 Å². The fraction of sp³-hybridized carbons (Fsp3) is 0.368. The van der Waals surface area contributed by atoms with E-state index >= 15 is 0 Å². The summed E-state index contributed by atoms with van der Waals surface area (Å²) in [5.41, 5.74) is 0.867. The molecule has 150 valence electrons. The van der Waals surface area contributed by atoms with Gasteiger partial charge in [-0.2, -0.15) is 13.2 Å². The number of hydrogen-bond donors (Lipinski definition) is 0. The number of ether oxygens (including phenoxy) is 2. The molecule has 5 nitrogen and oxygen atoms in total. The quantitative estimate of drug-likeness (QED) is 0.409. The third-order valence-electron chi connectivity index (χ3n) is 4.16. The highest BCUT2D eigenvalue weighted by Crippen LogP contribution is 2.34. The van der Waals surface area contributed by atoms with Crippen molar-refractivity contribution in [1.82, 2.24) is 14.5 Å². The monoisotopic (exact) mass is 411 g/mol. The molecule has 3 aromatic rings. The maximum Gasteiger partial charge on any atom is 0.416 e. The third kappa shape index (κ3) is 4.10. The molecular formula is C19H20F3N3O2S. The highest BCUT2D eigenvalue weighted by atomic mass is 32.2. The third-order valence-corrected chi connectivity index (χ3v) is 4.80. The first kappa shape index (κ1) is 20.5. The normalized spacial score (nSPS) is 11.9. The number of pyridine rings is 1. The SMILES string of the molecule is CCOCCOc1ccnc(-n2c(SC)nc3cc(C(F)(F)F)ccc32)c1C. The summed E-state index contributed by atoms with van der Waals surface area (Å²) < 4.78 is 51.9. The van der Waals surface area contributed by atoms with E-state index in [1.165, 1.54) is 17.8 Å². The molecule has 9 heteroatoms. The van der Waals surface area contributed by atoms with E-state index < -0.39 is 11.7 Å². The summed E-state index contributed by atoms with van der Waals surface area (Å²) in [7, 11) is 0. The van der Waals surface area contributed by atoms with Crippen LogP contribution in [-0.4, -0.2) is 40.6 Å². The number of nitrogens with zero attached hydrogens (tertiary/aromatic N) is 3. The topological polar surface area (TPSA) is 49.2 Å². The molecule has 3 rings (SSSR count). The minimum Gasteiger partial charge on any atom is -0.491 e. The molecule has 0 unspecified atom stereocenters. The summed E-state index contributed by atoms with van der Waals surface area (Å²) in [6.07, 6.45) is -0.988. The van der Waals surface area contributed by atoms with Crippen LogP contribution < -0.4 is 4.74 Å². The zero-order valence-corrected chi connectivity index (χ0v) is 16.5. The molecule has 0 spiro atoms. The van der Waals surface area contributed by atoms with Crippen LogP contribution in [0.3, 0.4) is 0 Å². The Bertz CT molecular complexity index is 973. The van der Waals surface area contributed by atoms with Gasteiger partial charge >= 0.3 is 6.18 Å². The van der Waals surface area contributed by atoms with Gasteiger partial charge in [0.1, 0.15) is 18.2 Å². The average molecular weight is 411 g/mol. The van der Waals surface area contributed by atoms with Crippen molar-refractivity contribution in [2.75, 3.05) is 26.1 Å². The smallest absolute Gasteiger partial charge is 0.416 e. The molecule has 0 aliphatic rings. The van der Waals surface area contributed by atoms with Crippen molar-refractivity contribution >= 4 is 22.8 Å². The number of imidazole rings is 1. The van der Waals surface area contributed by atoms with Crippen molar-refractivity contribution in [2.45, 2.75) is 25.2 Å². The van der Waals surface area contributed by atoms with E-state index in [2.05, 4.69) is 9.97 Å². The van der Waals surface area contributed by atoms with Crippen LogP contribution >= 0.6 is 11.8 Å². The number of aromatic nitrogens is 3. The first-order valence-electron chi connectivity index (χ1n) is 8.67. The van der Waals surface area contributed by atoms with Crippen LogP contribution in [0, 0.1) is 6.92 Å². The Morgan fingerprint density at radius 3 is 2.64 bits per heavy atom. The zero-order valence-electron chi connectivity index (χ0n) is 15.7. The molecule has 0 bridgehead atoms. The van der Waals surface area contributed by atoms with E-state index in [-0.39, 0.29) is 5.52 Å². The number of hydrogen-bond acceptors (Lipinski definition) is 5.